The molecule has 0 atom stereocenters. The summed E-state index contributed by atoms with van der Waals surface area (Å²) in [5, 5.41) is 5.78. The van der Waals surface area contributed by atoms with Gasteiger partial charge >= 0.3 is 0 Å². The van der Waals surface area contributed by atoms with Crippen LogP contribution in [0.25, 0.3) is 5.69 Å². The monoisotopic (exact) mass is 399 g/mol. The fourth-order valence-electron chi connectivity index (χ4n) is 3.07. The highest BCUT2D eigenvalue weighted by molar-refractivity contribution is 6.30. The number of benzene rings is 2. The minimum absolute atomic E-state index is 0.0111. The summed E-state index contributed by atoms with van der Waals surface area (Å²) in [6.45, 7) is 5.05. The minimum atomic E-state index is -0.575. The van der Waals surface area contributed by atoms with E-state index in [0.29, 0.717) is 16.3 Å². The first-order chi connectivity index (χ1) is 13.3. The van der Waals surface area contributed by atoms with E-state index in [2.05, 4.69) is 10.6 Å². The number of nitrogens with one attached hydrogen (secondary N) is 2. The number of carbonyl (C=O) groups excluding carboxylic acids is 2. The van der Waals surface area contributed by atoms with E-state index < -0.39 is 11.7 Å². The van der Waals surface area contributed by atoms with E-state index in [-0.39, 0.29) is 11.6 Å². The summed E-state index contributed by atoms with van der Waals surface area (Å²) < 4.78 is 15.7. The Morgan fingerprint density at radius 1 is 1.00 bits per heavy atom. The zero-order valence-electron chi connectivity index (χ0n) is 15.6. The predicted octanol–water partition coefficient (Wildman–Crippen LogP) is 5.10. The lowest BCUT2D eigenvalue weighted by molar-refractivity contribution is -0.114. The molecule has 0 unspecified atom stereocenters. The second kappa shape index (κ2) is 7.86. The van der Waals surface area contributed by atoms with Crippen LogP contribution in [0.1, 0.15) is 28.7 Å². The molecule has 2 amide bonds. The molecule has 1 aromatic heterocycles. The molecule has 0 aliphatic rings. The number of amides is 2. The highest BCUT2D eigenvalue weighted by Gasteiger charge is 2.17. The van der Waals surface area contributed by atoms with Crippen LogP contribution in [0.2, 0.25) is 5.02 Å². The normalized spacial score (nSPS) is 10.6. The lowest BCUT2D eigenvalue weighted by Crippen LogP contribution is -2.14. The molecule has 3 rings (SSSR count). The van der Waals surface area contributed by atoms with E-state index in [1.165, 1.54) is 25.1 Å². The molecule has 5 nitrogen and oxygen atoms in total. The van der Waals surface area contributed by atoms with Crippen molar-refractivity contribution < 1.29 is 14.0 Å². The quantitative estimate of drug-likeness (QED) is 0.641. The van der Waals surface area contributed by atoms with Crippen molar-refractivity contribution in [3.63, 3.8) is 0 Å². The Bertz CT molecular complexity index is 1060. The van der Waals surface area contributed by atoms with Gasteiger partial charge in [0.2, 0.25) is 5.91 Å². The molecule has 0 aliphatic heterocycles. The summed E-state index contributed by atoms with van der Waals surface area (Å²) in [5.74, 6) is -1.29. The number of nitrogens with zero attached hydrogens (tertiary/aromatic N) is 1. The molecule has 28 heavy (non-hydrogen) atoms. The van der Waals surface area contributed by atoms with Crippen LogP contribution in [-0.2, 0) is 4.79 Å². The van der Waals surface area contributed by atoms with Crippen molar-refractivity contribution in [3.8, 4) is 5.69 Å². The molecule has 3 aromatic rings. The molecule has 2 aromatic carbocycles. The van der Waals surface area contributed by atoms with Gasteiger partial charge in [-0.1, -0.05) is 11.6 Å². The molecule has 0 saturated heterocycles. The largest absolute Gasteiger partial charge is 0.324 e. The third-order valence-electron chi connectivity index (χ3n) is 4.30. The third kappa shape index (κ3) is 4.07. The number of hydrogen-bond acceptors (Lipinski definition) is 2. The van der Waals surface area contributed by atoms with Crippen molar-refractivity contribution in [3.05, 3.63) is 76.3 Å². The number of anilines is 2. The van der Waals surface area contributed by atoms with E-state index in [4.69, 9.17) is 11.6 Å². The van der Waals surface area contributed by atoms with Crippen molar-refractivity contribution in [2.24, 2.45) is 0 Å². The van der Waals surface area contributed by atoms with E-state index in [1.54, 1.807) is 18.2 Å². The Hall–Kier alpha value is -3.12. The van der Waals surface area contributed by atoms with Crippen LogP contribution in [-0.4, -0.2) is 16.4 Å². The fourth-order valence-corrected chi connectivity index (χ4v) is 3.19. The highest BCUT2D eigenvalue weighted by atomic mass is 35.5. The molecule has 0 saturated carbocycles. The minimum Gasteiger partial charge on any atom is -0.324 e. The molecule has 2 N–H and O–H groups in total. The molecule has 0 bridgehead atoms. The zero-order chi connectivity index (χ0) is 20.4. The smallest absolute Gasteiger partial charge is 0.257 e. The van der Waals surface area contributed by atoms with Gasteiger partial charge in [-0.3, -0.25) is 9.59 Å². The summed E-state index contributed by atoms with van der Waals surface area (Å²) in [6.07, 6.45) is 0. The van der Waals surface area contributed by atoms with Crippen LogP contribution in [0.5, 0.6) is 0 Å². The van der Waals surface area contributed by atoms with Gasteiger partial charge in [0.1, 0.15) is 5.82 Å². The van der Waals surface area contributed by atoms with E-state index >= 15 is 0 Å². The first-order valence-corrected chi connectivity index (χ1v) is 8.97. The van der Waals surface area contributed by atoms with Crippen LogP contribution in [0.3, 0.4) is 0 Å². The average molecular weight is 400 g/mol. The van der Waals surface area contributed by atoms with E-state index in [1.807, 2.05) is 30.5 Å². The number of carbonyl (C=O) groups is 2. The maximum absolute atomic E-state index is 13.8. The molecule has 7 heteroatoms. The topological polar surface area (TPSA) is 63.1 Å². The third-order valence-corrected chi connectivity index (χ3v) is 4.55. The van der Waals surface area contributed by atoms with Gasteiger partial charge < -0.3 is 15.2 Å². The van der Waals surface area contributed by atoms with Gasteiger partial charge in [0.05, 0.1) is 11.3 Å². The van der Waals surface area contributed by atoms with Crippen LogP contribution in [0.15, 0.2) is 48.5 Å². The van der Waals surface area contributed by atoms with Crippen LogP contribution < -0.4 is 10.6 Å². The van der Waals surface area contributed by atoms with Crippen LogP contribution in [0.4, 0.5) is 15.8 Å². The number of hydrogen-bond donors (Lipinski definition) is 2. The van der Waals surface area contributed by atoms with E-state index in [9.17, 15) is 14.0 Å². The first kappa shape index (κ1) is 19.6. The lowest BCUT2D eigenvalue weighted by Gasteiger charge is -2.11. The second-order valence-electron chi connectivity index (χ2n) is 6.43. The Kier molecular flexibility index (Phi) is 5.51. The van der Waals surface area contributed by atoms with Crippen molar-refractivity contribution in [2.75, 3.05) is 10.6 Å². The summed E-state index contributed by atoms with van der Waals surface area (Å²) in [4.78, 5) is 24.0. The van der Waals surface area contributed by atoms with Gasteiger partial charge in [-0.25, -0.2) is 4.39 Å². The summed E-state index contributed by atoms with van der Waals surface area (Å²) >= 11 is 5.95. The van der Waals surface area contributed by atoms with Gasteiger partial charge in [0.15, 0.2) is 0 Å². The maximum atomic E-state index is 13.8. The second-order valence-corrected chi connectivity index (χ2v) is 6.86. The first-order valence-electron chi connectivity index (χ1n) is 8.59. The molecule has 1 heterocycles. The molecule has 0 fully saturated rings. The number of aromatic nitrogens is 1. The Morgan fingerprint density at radius 3 is 2.32 bits per heavy atom. The Labute approximate surface area is 167 Å². The molecule has 0 aliphatic carbocycles. The molecule has 0 spiro atoms. The van der Waals surface area contributed by atoms with Crippen molar-refractivity contribution in [2.45, 2.75) is 20.8 Å². The molecule has 144 valence electrons. The average Bonchev–Trinajstić information content (AvgIpc) is 2.93. The summed E-state index contributed by atoms with van der Waals surface area (Å²) in [7, 11) is 0. The van der Waals surface area contributed by atoms with Crippen LogP contribution >= 0.6 is 11.6 Å². The number of aryl methyl sites for hydroxylation is 1. The van der Waals surface area contributed by atoms with Crippen LogP contribution in [0, 0.1) is 19.7 Å². The highest BCUT2D eigenvalue weighted by Crippen LogP contribution is 2.24. The van der Waals surface area contributed by atoms with Crippen molar-refractivity contribution in [1.29, 1.82) is 0 Å². The Morgan fingerprint density at radius 2 is 1.68 bits per heavy atom. The number of rotatable bonds is 4. The maximum Gasteiger partial charge on any atom is 0.257 e. The van der Waals surface area contributed by atoms with E-state index in [0.717, 1.165) is 17.1 Å². The van der Waals surface area contributed by atoms with Gasteiger partial charge in [0.25, 0.3) is 5.91 Å². The Balaban J connectivity index is 1.89. The number of halogens is 2. The van der Waals surface area contributed by atoms with Crippen molar-refractivity contribution in [1.82, 2.24) is 4.57 Å². The molecular weight excluding hydrogens is 381 g/mol. The summed E-state index contributed by atoms with van der Waals surface area (Å²) in [5.41, 5.74) is 3.44. The lowest BCUT2D eigenvalue weighted by atomic mass is 10.2. The predicted molar refractivity (Wildman–Crippen MR) is 109 cm³/mol. The van der Waals surface area contributed by atoms with Gasteiger partial charge in [0, 0.05) is 34.7 Å². The summed E-state index contributed by atoms with van der Waals surface area (Å²) in [6, 6.07) is 13.1. The van der Waals surface area contributed by atoms with Crippen molar-refractivity contribution >= 4 is 34.8 Å². The standard InChI is InChI=1S/C21H19ClFN3O2/c1-12-10-18(13(2)26(12)17-7-4-15(22)5-8-17)21(28)25-16-6-9-19(23)20(11-16)24-14(3)27/h4-11H,1-3H3,(H,24,27)(H,25,28). The zero-order valence-corrected chi connectivity index (χ0v) is 16.4. The van der Waals surface area contributed by atoms with Gasteiger partial charge in [-0.05, 0) is 62.4 Å². The van der Waals surface area contributed by atoms with Gasteiger partial charge in [-0.2, -0.15) is 0 Å². The van der Waals surface area contributed by atoms with Gasteiger partial charge in [-0.15, -0.1) is 0 Å². The fraction of sp³-hybridized carbons (Fsp3) is 0.143. The molecule has 0 radical (unpaired) electrons. The molecular formula is C21H19ClFN3O2. The SMILES string of the molecule is CC(=O)Nc1cc(NC(=O)c2cc(C)n(-c3ccc(Cl)cc3)c2C)ccc1F.